The maximum atomic E-state index is 10.3. The quantitative estimate of drug-likeness (QED) is 0.586. The van der Waals surface area contributed by atoms with E-state index in [1.807, 2.05) is 0 Å². The smallest absolute Gasteiger partial charge is 0.249 e. The van der Waals surface area contributed by atoms with Gasteiger partial charge in [-0.3, -0.25) is 4.79 Å². The van der Waals surface area contributed by atoms with E-state index < -0.39 is 0 Å². The van der Waals surface area contributed by atoms with Crippen LogP contribution in [0.25, 0.3) is 0 Å². The molecule has 3 heteroatoms. The summed E-state index contributed by atoms with van der Waals surface area (Å²) >= 11 is 8.35. The molecule has 1 aliphatic rings. The summed E-state index contributed by atoms with van der Waals surface area (Å²) in [6.07, 6.45) is 1.80. The van der Waals surface area contributed by atoms with Crippen LogP contribution in [0.15, 0.2) is 10.1 Å². The van der Waals surface area contributed by atoms with Gasteiger partial charge in [-0.2, -0.15) is 0 Å². The lowest BCUT2D eigenvalue weighted by atomic mass is 10.0. The van der Waals surface area contributed by atoms with Crippen LogP contribution in [0.1, 0.15) is 12.8 Å². The maximum Gasteiger partial charge on any atom is 0.249 e. The number of hydrogen-bond donors (Lipinski definition) is 0. The normalized spacial score (nSPS) is 18.2. The average Bonchev–Trinajstić information content (AvgIpc) is 1.61. The minimum atomic E-state index is -0.317. The Labute approximate surface area is 60.8 Å². The van der Waals surface area contributed by atoms with E-state index >= 15 is 0 Å². The minimum Gasteiger partial charge on any atom is -0.276 e. The first kappa shape index (κ1) is 6.30. The topological polar surface area (TPSA) is 17.1 Å². The second kappa shape index (κ2) is 2.19. The first-order valence-corrected chi connectivity index (χ1v) is 3.46. The van der Waals surface area contributed by atoms with E-state index in [0.29, 0.717) is 0 Å². The molecular weight excluding hydrogens is 191 g/mol. The SMILES string of the molecule is O=C(Cl)C1=C(Br)CC1. The molecule has 0 heterocycles. The highest BCUT2D eigenvalue weighted by Gasteiger charge is 2.19. The van der Waals surface area contributed by atoms with Crippen LogP contribution < -0.4 is 0 Å². The Hall–Kier alpha value is 0.180. The zero-order valence-corrected chi connectivity index (χ0v) is 6.42. The van der Waals surface area contributed by atoms with Crippen molar-refractivity contribution in [2.24, 2.45) is 0 Å². The minimum absolute atomic E-state index is 0.317. The highest BCUT2D eigenvalue weighted by Crippen LogP contribution is 2.33. The largest absolute Gasteiger partial charge is 0.276 e. The van der Waals surface area contributed by atoms with Gasteiger partial charge in [-0.25, -0.2) is 0 Å². The van der Waals surface area contributed by atoms with E-state index in [-0.39, 0.29) is 5.24 Å². The van der Waals surface area contributed by atoms with Gasteiger partial charge in [0, 0.05) is 10.1 Å². The van der Waals surface area contributed by atoms with Crippen LogP contribution in [0.2, 0.25) is 0 Å². The molecule has 0 unspecified atom stereocenters. The molecule has 0 atom stereocenters. The van der Waals surface area contributed by atoms with Crippen LogP contribution in [0.5, 0.6) is 0 Å². The van der Waals surface area contributed by atoms with Gasteiger partial charge in [0.1, 0.15) is 0 Å². The molecule has 0 saturated heterocycles. The van der Waals surface area contributed by atoms with Crippen molar-refractivity contribution in [3.63, 3.8) is 0 Å². The van der Waals surface area contributed by atoms with Crippen LogP contribution in [0.3, 0.4) is 0 Å². The third-order valence-electron chi connectivity index (χ3n) is 1.16. The summed E-state index contributed by atoms with van der Waals surface area (Å²) in [6.45, 7) is 0. The molecule has 1 rings (SSSR count). The molecule has 0 radical (unpaired) electrons. The van der Waals surface area contributed by atoms with Crippen molar-refractivity contribution in [1.82, 2.24) is 0 Å². The molecule has 1 aliphatic carbocycles. The van der Waals surface area contributed by atoms with Gasteiger partial charge in [-0.05, 0) is 24.4 Å². The molecule has 8 heavy (non-hydrogen) atoms. The number of carbonyl (C=O) groups excluding carboxylic acids is 1. The molecule has 0 spiro atoms. The third-order valence-corrected chi connectivity index (χ3v) is 2.26. The fourth-order valence-corrected chi connectivity index (χ4v) is 1.45. The Morgan fingerprint density at radius 1 is 1.62 bits per heavy atom. The fraction of sp³-hybridized carbons (Fsp3) is 0.400. The highest BCUT2D eigenvalue weighted by molar-refractivity contribution is 9.11. The standard InChI is InChI=1S/C5H4BrClO/c6-4-2-1-3(4)5(7)8/h1-2H2. The zero-order valence-electron chi connectivity index (χ0n) is 4.08. The Kier molecular flexibility index (Phi) is 1.73. The number of rotatable bonds is 1. The Balaban J connectivity index is 2.74. The van der Waals surface area contributed by atoms with Gasteiger partial charge in [0.05, 0.1) is 0 Å². The maximum absolute atomic E-state index is 10.3. The van der Waals surface area contributed by atoms with E-state index in [1.165, 1.54) is 0 Å². The number of hydrogen-bond acceptors (Lipinski definition) is 1. The van der Waals surface area contributed by atoms with Crippen LogP contribution in [-0.4, -0.2) is 5.24 Å². The van der Waals surface area contributed by atoms with E-state index in [2.05, 4.69) is 15.9 Å². The summed E-state index contributed by atoms with van der Waals surface area (Å²) in [5.41, 5.74) is 0.742. The molecule has 0 fully saturated rings. The van der Waals surface area contributed by atoms with Crippen molar-refractivity contribution in [3.05, 3.63) is 10.1 Å². The molecular formula is C5H4BrClO. The van der Waals surface area contributed by atoms with Gasteiger partial charge in [0.25, 0.3) is 0 Å². The van der Waals surface area contributed by atoms with Crippen molar-refractivity contribution in [1.29, 1.82) is 0 Å². The summed E-state index contributed by atoms with van der Waals surface area (Å²) in [7, 11) is 0. The Morgan fingerprint density at radius 3 is 2.25 bits per heavy atom. The molecule has 44 valence electrons. The van der Waals surface area contributed by atoms with Gasteiger partial charge in [-0.15, -0.1) is 0 Å². The summed E-state index contributed by atoms with van der Waals surface area (Å²) in [5, 5.41) is -0.317. The number of halogens is 2. The van der Waals surface area contributed by atoms with E-state index in [4.69, 9.17) is 11.6 Å². The lowest BCUT2D eigenvalue weighted by Gasteiger charge is -2.13. The summed E-state index contributed by atoms with van der Waals surface area (Å²) < 4.78 is 0.970. The monoisotopic (exact) mass is 194 g/mol. The van der Waals surface area contributed by atoms with Crippen molar-refractivity contribution in [3.8, 4) is 0 Å². The van der Waals surface area contributed by atoms with E-state index in [9.17, 15) is 4.79 Å². The lowest BCUT2D eigenvalue weighted by molar-refractivity contribution is -0.108. The third kappa shape index (κ3) is 0.955. The lowest BCUT2D eigenvalue weighted by Crippen LogP contribution is -2.04. The van der Waals surface area contributed by atoms with Crippen molar-refractivity contribution < 1.29 is 4.79 Å². The van der Waals surface area contributed by atoms with Crippen LogP contribution in [0.4, 0.5) is 0 Å². The van der Waals surface area contributed by atoms with E-state index in [0.717, 1.165) is 22.9 Å². The summed E-state index contributed by atoms with van der Waals surface area (Å²) in [6, 6.07) is 0. The van der Waals surface area contributed by atoms with Crippen molar-refractivity contribution in [2.75, 3.05) is 0 Å². The average molecular weight is 195 g/mol. The number of allylic oxidation sites excluding steroid dienone is 2. The highest BCUT2D eigenvalue weighted by atomic mass is 79.9. The predicted molar refractivity (Wildman–Crippen MR) is 36.0 cm³/mol. The van der Waals surface area contributed by atoms with Crippen molar-refractivity contribution >= 4 is 32.8 Å². The van der Waals surface area contributed by atoms with Crippen LogP contribution >= 0.6 is 27.5 Å². The van der Waals surface area contributed by atoms with Gasteiger partial charge in [-0.1, -0.05) is 15.9 Å². The predicted octanol–water partition coefficient (Wildman–Crippen LogP) is 2.19. The molecule has 0 saturated carbocycles. The second-order valence-electron chi connectivity index (χ2n) is 1.66. The van der Waals surface area contributed by atoms with E-state index in [1.54, 1.807) is 0 Å². The Morgan fingerprint density at radius 2 is 2.25 bits per heavy atom. The first-order valence-electron chi connectivity index (χ1n) is 2.29. The van der Waals surface area contributed by atoms with Gasteiger partial charge < -0.3 is 0 Å². The molecule has 1 nitrogen and oxygen atoms in total. The molecule has 0 amide bonds. The van der Waals surface area contributed by atoms with Crippen molar-refractivity contribution in [2.45, 2.75) is 12.8 Å². The summed E-state index contributed by atoms with van der Waals surface area (Å²) in [4.78, 5) is 10.3. The molecule has 0 aromatic carbocycles. The molecule has 0 aromatic rings. The first-order chi connectivity index (χ1) is 3.72. The molecule has 0 N–H and O–H groups in total. The Bertz CT molecular complexity index is 162. The molecule has 0 bridgehead atoms. The van der Waals surface area contributed by atoms with Crippen LogP contribution in [-0.2, 0) is 4.79 Å². The van der Waals surface area contributed by atoms with Gasteiger partial charge in [0.2, 0.25) is 5.24 Å². The van der Waals surface area contributed by atoms with Gasteiger partial charge >= 0.3 is 0 Å². The molecule has 0 aliphatic heterocycles. The summed E-state index contributed by atoms with van der Waals surface area (Å²) in [5.74, 6) is 0. The van der Waals surface area contributed by atoms with Gasteiger partial charge in [0.15, 0.2) is 0 Å². The second-order valence-corrected chi connectivity index (χ2v) is 2.96. The van der Waals surface area contributed by atoms with Crippen LogP contribution in [0, 0.1) is 0 Å². The zero-order chi connectivity index (χ0) is 6.15. The molecule has 0 aromatic heterocycles. The number of carbonyl (C=O) groups is 1. The fourth-order valence-electron chi connectivity index (χ4n) is 0.549.